The van der Waals surface area contributed by atoms with Crippen LogP contribution in [0.3, 0.4) is 0 Å². The number of nitrogens with one attached hydrogen (secondary N) is 1. The molecule has 21 heavy (non-hydrogen) atoms. The SMILES string of the molecule is Cc1c(C(=O)O)sc2ncnc(NC3CCC(C)CC3)c12. The number of aromatic nitrogens is 2. The molecule has 0 bridgehead atoms. The Labute approximate surface area is 127 Å². The van der Waals surface area contributed by atoms with E-state index in [9.17, 15) is 9.90 Å². The predicted molar refractivity (Wildman–Crippen MR) is 84.2 cm³/mol. The summed E-state index contributed by atoms with van der Waals surface area (Å²) >= 11 is 1.22. The average Bonchev–Trinajstić information content (AvgIpc) is 2.80. The van der Waals surface area contributed by atoms with E-state index < -0.39 is 5.97 Å². The van der Waals surface area contributed by atoms with Crippen LogP contribution >= 0.6 is 11.3 Å². The first kappa shape index (κ1) is 14.3. The largest absolute Gasteiger partial charge is 0.477 e. The minimum absolute atomic E-state index is 0.353. The minimum atomic E-state index is -0.895. The van der Waals surface area contributed by atoms with Crippen molar-refractivity contribution in [2.45, 2.75) is 45.6 Å². The van der Waals surface area contributed by atoms with E-state index in [0.29, 0.717) is 10.9 Å². The number of nitrogens with zero attached hydrogens (tertiary/aromatic N) is 2. The van der Waals surface area contributed by atoms with Gasteiger partial charge in [-0.15, -0.1) is 11.3 Å². The fraction of sp³-hybridized carbons (Fsp3) is 0.533. The van der Waals surface area contributed by atoms with Crippen molar-refractivity contribution in [3.05, 3.63) is 16.8 Å². The second-order valence-corrected chi connectivity index (χ2v) is 6.86. The molecular formula is C15H19N3O2S. The van der Waals surface area contributed by atoms with Crippen molar-refractivity contribution in [1.82, 2.24) is 9.97 Å². The molecule has 0 aliphatic heterocycles. The first-order valence-electron chi connectivity index (χ1n) is 7.30. The number of aromatic carboxylic acids is 1. The highest BCUT2D eigenvalue weighted by atomic mass is 32.1. The van der Waals surface area contributed by atoms with Crippen LogP contribution in [-0.4, -0.2) is 27.1 Å². The van der Waals surface area contributed by atoms with Crippen LogP contribution in [0.5, 0.6) is 0 Å². The first-order chi connectivity index (χ1) is 10.1. The fourth-order valence-electron chi connectivity index (χ4n) is 2.98. The minimum Gasteiger partial charge on any atom is -0.477 e. The van der Waals surface area contributed by atoms with Crippen molar-refractivity contribution in [3.63, 3.8) is 0 Å². The Hall–Kier alpha value is -1.69. The van der Waals surface area contributed by atoms with Crippen molar-refractivity contribution >= 4 is 33.3 Å². The van der Waals surface area contributed by atoms with Crippen LogP contribution < -0.4 is 5.32 Å². The molecule has 5 nitrogen and oxygen atoms in total. The van der Waals surface area contributed by atoms with Crippen molar-refractivity contribution in [2.75, 3.05) is 5.32 Å². The van der Waals surface area contributed by atoms with Crippen molar-refractivity contribution in [1.29, 1.82) is 0 Å². The third-order valence-electron chi connectivity index (χ3n) is 4.28. The zero-order valence-corrected chi connectivity index (χ0v) is 13.0. The molecule has 1 aliphatic rings. The van der Waals surface area contributed by atoms with Gasteiger partial charge in [0.05, 0.1) is 5.39 Å². The Morgan fingerprint density at radius 1 is 1.33 bits per heavy atom. The average molecular weight is 305 g/mol. The van der Waals surface area contributed by atoms with E-state index in [1.807, 2.05) is 6.92 Å². The molecule has 0 atom stereocenters. The lowest BCUT2D eigenvalue weighted by molar-refractivity contribution is 0.0701. The maximum Gasteiger partial charge on any atom is 0.346 e. The highest BCUT2D eigenvalue weighted by Crippen LogP contribution is 2.34. The van der Waals surface area contributed by atoms with Gasteiger partial charge in [-0.3, -0.25) is 0 Å². The maximum absolute atomic E-state index is 11.3. The molecule has 0 unspecified atom stereocenters. The Balaban J connectivity index is 1.93. The zero-order chi connectivity index (χ0) is 15.0. The number of hydrogen-bond donors (Lipinski definition) is 2. The van der Waals surface area contributed by atoms with Crippen LogP contribution in [0.25, 0.3) is 10.2 Å². The number of thiophene rings is 1. The summed E-state index contributed by atoms with van der Waals surface area (Å²) in [7, 11) is 0. The van der Waals surface area contributed by atoms with Gasteiger partial charge in [-0.05, 0) is 44.1 Å². The standard InChI is InChI=1S/C15H19N3O2S/c1-8-3-5-10(6-4-8)18-13-11-9(2)12(15(19)20)21-14(11)17-7-16-13/h7-8,10H,3-6H2,1-2H3,(H,19,20)(H,16,17,18). The quantitative estimate of drug-likeness (QED) is 0.904. The van der Waals surface area contributed by atoms with Gasteiger partial charge in [0.15, 0.2) is 0 Å². The third-order valence-corrected chi connectivity index (χ3v) is 5.47. The van der Waals surface area contributed by atoms with E-state index in [0.717, 1.165) is 40.4 Å². The van der Waals surface area contributed by atoms with Crippen molar-refractivity contribution in [3.8, 4) is 0 Å². The number of carboxylic acid groups (broad SMARTS) is 1. The summed E-state index contributed by atoms with van der Waals surface area (Å²) in [5.74, 6) is 0.684. The lowest BCUT2D eigenvalue weighted by Gasteiger charge is -2.27. The van der Waals surface area contributed by atoms with Crippen molar-refractivity contribution in [2.24, 2.45) is 5.92 Å². The van der Waals surface area contributed by atoms with Crippen LogP contribution in [0.2, 0.25) is 0 Å². The first-order valence-corrected chi connectivity index (χ1v) is 8.12. The van der Waals surface area contributed by atoms with Gasteiger partial charge in [0.1, 0.15) is 21.9 Å². The summed E-state index contributed by atoms with van der Waals surface area (Å²) < 4.78 is 0. The summed E-state index contributed by atoms with van der Waals surface area (Å²) in [4.78, 5) is 20.9. The number of carbonyl (C=O) groups is 1. The molecule has 1 saturated carbocycles. The summed E-state index contributed by atoms with van der Waals surface area (Å²) in [6.45, 7) is 4.13. The van der Waals surface area contributed by atoms with E-state index >= 15 is 0 Å². The number of fused-ring (bicyclic) bond motifs is 1. The third kappa shape index (κ3) is 2.72. The van der Waals surface area contributed by atoms with E-state index in [2.05, 4.69) is 22.2 Å². The topological polar surface area (TPSA) is 75.1 Å². The molecule has 1 fully saturated rings. The molecule has 1 aliphatic carbocycles. The van der Waals surface area contributed by atoms with Gasteiger partial charge in [-0.2, -0.15) is 0 Å². The lowest BCUT2D eigenvalue weighted by Crippen LogP contribution is -2.25. The summed E-state index contributed by atoms with van der Waals surface area (Å²) in [5, 5.41) is 13.6. The number of anilines is 1. The lowest BCUT2D eigenvalue weighted by atomic mass is 9.87. The van der Waals surface area contributed by atoms with Crippen LogP contribution in [0.1, 0.15) is 47.8 Å². The van der Waals surface area contributed by atoms with Gasteiger partial charge >= 0.3 is 5.97 Å². The number of carboxylic acids is 1. The van der Waals surface area contributed by atoms with E-state index in [-0.39, 0.29) is 0 Å². The van der Waals surface area contributed by atoms with Gasteiger partial charge in [0.2, 0.25) is 0 Å². The summed E-state index contributed by atoms with van der Waals surface area (Å²) in [6.07, 6.45) is 6.25. The van der Waals surface area contributed by atoms with Crippen molar-refractivity contribution < 1.29 is 9.90 Å². The van der Waals surface area contributed by atoms with Gasteiger partial charge in [-0.25, -0.2) is 14.8 Å². The van der Waals surface area contributed by atoms with Crippen LogP contribution in [0, 0.1) is 12.8 Å². The normalized spacial score (nSPS) is 22.4. The summed E-state index contributed by atoms with van der Waals surface area (Å²) in [5.41, 5.74) is 0.759. The monoisotopic (exact) mass is 305 g/mol. The Morgan fingerprint density at radius 2 is 2.05 bits per heavy atom. The molecule has 3 rings (SSSR count). The molecule has 0 saturated heterocycles. The highest BCUT2D eigenvalue weighted by molar-refractivity contribution is 7.20. The number of aryl methyl sites for hydroxylation is 1. The molecule has 0 amide bonds. The van der Waals surface area contributed by atoms with Crippen LogP contribution in [0.15, 0.2) is 6.33 Å². The molecular weight excluding hydrogens is 286 g/mol. The molecule has 0 radical (unpaired) electrons. The zero-order valence-electron chi connectivity index (χ0n) is 12.2. The Bertz CT molecular complexity index is 675. The van der Waals surface area contributed by atoms with E-state index in [1.54, 1.807) is 0 Å². The second-order valence-electron chi connectivity index (χ2n) is 5.86. The molecule has 2 N–H and O–H groups in total. The van der Waals surface area contributed by atoms with Gasteiger partial charge in [0.25, 0.3) is 0 Å². The molecule has 6 heteroatoms. The van der Waals surface area contributed by atoms with Gasteiger partial charge in [-0.1, -0.05) is 6.92 Å². The van der Waals surface area contributed by atoms with E-state index in [1.165, 1.54) is 30.5 Å². The highest BCUT2D eigenvalue weighted by Gasteiger charge is 2.22. The van der Waals surface area contributed by atoms with E-state index in [4.69, 9.17) is 0 Å². The van der Waals surface area contributed by atoms with Gasteiger partial charge < -0.3 is 10.4 Å². The maximum atomic E-state index is 11.3. The van der Waals surface area contributed by atoms with Gasteiger partial charge in [0, 0.05) is 6.04 Å². The molecule has 0 spiro atoms. The molecule has 2 heterocycles. The van der Waals surface area contributed by atoms with Crippen LogP contribution in [0.4, 0.5) is 5.82 Å². The number of hydrogen-bond acceptors (Lipinski definition) is 5. The summed E-state index contributed by atoms with van der Waals surface area (Å²) in [6, 6.07) is 0.423. The number of rotatable bonds is 3. The second kappa shape index (κ2) is 5.60. The molecule has 112 valence electrons. The molecule has 0 aromatic carbocycles. The fourth-order valence-corrected chi connectivity index (χ4v) is 3.97. The van der Waals surface area contributed by atoms with Crippen LogP contribution in [-0.2, 0) is 0 Å². The molecule has 2 aromatic heterocycles. The molecule has 2 aromatic rings. The Kier molecular flexibility index (Phi) is 3.80. The predicted octanol–water partition coefficient (Wildman–Crippen LogP) is 3.69. The smallest absolute Gasteiger partial charge is 0.346 e. The Morgan fingerprint density at radius 3 is 2.71 bits per heavy atom.